The van der Waals surface area contributed by atoms with Crippen molar-refractivity contribution in [3.63, 3.8) is 0 Å². The summed E-state index contributed by atoms with van der Waals surface area (Å²) in [7, 11) is 0. The highest BCUT2D eigenvalue weighted by molar-refractivity contribution is 5.82. The summed E-state index contributed by atoms with van der Waals surface area (Å²) in [4.78, 5) is 32.7. The molecule has 2 amide bonds. The first kappa shape index (κ1) is 15.8. The minimum absolute atomic E-state index is 0.0180. The van der Waals surface area contributed by atoms with Crippen LogP contribution < -0.4 is 10.6 Å². The molecule has 0 aromatic carbocycles. The zero-order chi connectivity index (χ0) is 16.8. The van der Waals surface area contributed by atoms with Gasteiger partial charge in [-0.1, -0.05) is 0 Å². The molecule has 126 valence electrons. The van der Waals surface area contributed by atoms with Gasteiger partial charge < -0.3 is 19.9 Å². The number of ether oxygens (including phenoxy) is 1. The Hall–Kier alpha value is -3.10. The summed E-state index contributed by atoms with van der Waals surface area (Å²) >= 11 is 0. The third-order valence-electron chi connectivity index (χ3n) is 3.45. The lowest BCUT2D eigenvalue weighted by Gasteiger charge is -2.12. The molecule has 24 heavy (non-hydrogen) atoms. The summed E-state index contributed by atoms with van der Waals surface area (Å²) in [5.41, 5.74) is 0. The summed E-state index contributed by atoms with van der Waals surface area (Å²) in [6, 6.07) is 5.66. The van der Waals surface area contributed by atoms with Crippen LogP contribution in [-0.4, -0.2) is 64.2 Å². The molecule has 1 saturated heterocycles. The quantitative estimate of drug-likeness (QED) is 0.706. The van der Waals surface area contributed by atoms with Gasteiger partial charge in [0.1, 0.15) is 31.1 Å². The predicted octanol–water partition coefficient (Wildman–Crippen LogP) is 0.248. The van der Waals surface area contributed by atoms with Crippen LogP contribution >= 0.6 is 0 Å². The fourth-order valence-corrected chi connectivity index (χ4v) is 2.26. The lowest BCUT2D eigenvalue weighted by Crippen LogP contribution is -2.39. The normalized spacial score (nSPS) is 13.7. The van der Waals surface area contributed by atoms with E-state index >= 15 is 0 Å². The maximum absolute atomic E-state index is 11.7. The van der Waals surface area contributed by atoms with Crippen molar-refractivity contribution < 1.29 is 14.3 Å². The van der Waals surface area contributed by atoms with Gasteiger partial charge in [-0.2, -0.15) is 0 Å². The molecule has 0 saturated carbocycles. The topological polar surface area (TPSA) is 101 Å². The Kier molecular flexibility index (Phi) is 4.90. The standard InChI is InChI=1S/C15H18N6O3/c22-14(10-21-7-8-24-15(21)23)17-4-3-16-12-9-13(19-11-18-12)20-5-1-2-6-20/h1-2,5-6,9,11H,3-4,7-8,10H2,(H,17,22)(H,16,18,19). The molecule has 9 nitrogen and oxygen atoms in total. The summed E-state index contributed by atoms with van der Waals surface area (Å²) < 4.78 is 6.65. The zero-order valence-electron chi connectivity index (χ0n) is 13.0. The number of amides is 2. The van der Waals surface area contributed by atoms with Crippen molar-refractivity contribution in [2.45, 2.75) is 0 Å². The Morgan fingerprint density at radius 2 is 2.08 bits per heavy atom. The molecular weight excluding hydrogens is 312 g/mol. The van der Waals surface area contributed by atoms with E-state index in [0.717, 1.165) is 5.82 Å². The molecule has 0 aliphatic carbocycles. The number of carbonyl (C=O) groups excluding carboxylic acids is 2. The van der Waals surface area contributed by atoms with E-state index in [1.165, 1.54) is 11.2 Å². The molecule has 1 aliphatic heterocycles. The molecule has 9 heteroatoms. The Morgan fingerprint density at radius 1 is 1.25 bits per heavy atom. The molecule has 0 spiro atoms. The van der Waals surface area contributed by atoms with E-state index in [1.54, 1.807) is 0 Å². The van der Waals surface area contributed by atoms with Crippen LogP contribution in [-0.2, 0) is 9.53 Å². The second-order valence-electron chi connectivity index (χ2n) is 5.16. The van der Waals surface area contributed by atoms with Gasteiger partial charge >= 0.3 is 6.09 Å². The number of hydrogen-bond acceptors (Lipinski definition) is 6. The lowest BCUT2D eigenvalue weighted by molar-refractivity contribution is -0.121. The van der Waals surface area contributed by atoms with Crippen LogP contribution in [0.5, 0.6) is 0 Å². The van der Waals surface area contributed by atoms with E-state index in [9.17, 15) is 9.59 Å². The number of aromatic nitrogens is 3. The second kappa shape index (κ2) is 7.44. The number of anilines is 1. The number of carbonyl (C=O) groups is 2. The van der Waals surface area contributed by atoms with Crippen molar-refractivity contribution in [3.8, 4) is 5.82 Å². The van der Waals surface area contributed by atoms with Crippen molar-refractivity contribution in [2.75, 3.05) is 38.1 Å². The van der Waals surface area contributed by atoms with E-state index in [4.69, 9.17) is 4.74 Å². The smallest absolute Gasteiger partial charge is 0.410 e. The summed E-state index contributed by atoms with van der Waals surface area (Å²) in [5, 5.41) is 5.86. The van der Waals surface area contributed by atoms with E-state index in [-0.39, 0.29) is 12.5 Å². The average Bonchev–Trinajstić information content (AvgIpc) is 3.25. The van der Waals surface area contributed by atoms with Gasteiger partial charge in [0.05, 0.1) is 6.54 Å². The van der Waals surface area contributed by atoms with Crippen LogP contribution in [0.4, 0.5) is 10.6 Å². The molecule has 0 radical (unpaired) electrons. The average molecular weight is 330 g/mol. The molecule has 2 N–H and O–H groups in total. The first-order valence-corrected chi connectivity index (χ1v) is 7.60. The van der Waals surface area contributed by atoms with Gasteiger partial charge in [-0.15, -0.1) is 0 Å². The fourth-order valence-electron chi connectivity index (χ4n) is 2.26. The number of cyclic esters (lactones) is 1. The van der Waals surface area contributed by atoms with Crippen molar-refractivity contribution in [1.29, 1.82) is 0 Å². The fraction of sp³-hybridized carbons (Fsp3) is 0.333. The Balaban J connectivity index is 1.41. The highest BCUT2D eigenvalue weighted by Gasteiger charge is 2.23. The third-order valence-corrected chi connectivity index (χ3v) is 3.45. The molecule has 1 aliphatic rings. The van der Waals surface area contributed by atoms with Crippen LogP contribution in [0.15, 0.2) is 36.9 Å². The van der Waals surface area contributed by atoms with Gasteiger partial charge in [-0.3, -0.25) is 9.69 Å². The van der Waals surface area contributed by atoms with Crippen LogP contribution in [0.2, 0.25) is 0 Å². The van der Waals surface area contributed by atoms with Crippen molar-refractivity contribution >= 4 is 17.8 Å². The molecule has 3 rings (SSSR count). The molecule has 0 bridgehead atoms. The summed E-state index contributed by atoms with van der Waals surface area (Å²) in [5.74, 6) is 1.21. The van der Waals surface area contributed by atoms with E-state index in [0.29, 0.717) is 32.1 Å². The lowest BCUT2D eigenvalue weighted by atomic mass is 10.4. The third kappa shape index (κ3) is 4.00. The monoisotopic (exact) mass is 330 g/mol. The Bertz CT molecular complexity index is 703. The second-order valence-corrected chi connectivity index (χ2v) is 5.16. The molecule has 3 heterocycles. The van der Waals surface area contributed by atoms with Crippen LogP contribution in [0, 0.1) is 0 Å². The van der Waals surface area contributed by atoms with E-state index in [1.807, 2.05) is 35.2 Å². The maximum atomic E-state index is 11.7. The first-order chi connectivity index (χ1) is 11.7. The minimum atomic E-state index is -0.443. The number of rotatable bonds is 7. The van der Waals surface area contributed by atoms with Crippen LogP contribution in [0.3, 0.4) is 0 Å². The van der Waals surface area contributed by atoms with Gasteiger partial charge in [0.2, 0.25) is 5.91 Å². The largest absolute Gasteiger partial charge is 0.448 e. The molecule has 2 aromatic heterocycles. The van der Waals surface area contributed by atoms with Crippen molar-refractivity contribution in [2.24, 2.45) is 0 Å². The SMILES string of the molecule is O=C(CN1CCOC1=O)NCCNc1cc(-n2cccc2)ncn1. The van der Waals surface area contributed by atoms with Gasteiger partial charge in [0, 0.05) is 31.5 Å². The number of nitrogens with zero attached hydrogens (tertiary/aromatic N) is 4. The first-order valence-electron chi connectivity index (χ1n) is 7.60. The molecule has 0 atom stereocenters. The Morgan fingerprint density at radius 3 is 2.83 bits per heavy atom. The summed E-state index contributed by atoms with van der Waals surface area (Å²) in [6.07, 6.45) is 4.84. The number of hydrogen-bond donors (Lipinski definition) is 2. The number of nitrogens with one attached hydrogen (secondary N) is 2. The van der Waals surface area contributed by atoms with Crippen molar-refractivity contribution in [3.05, 3.63) is 36.9 Å². The van der Waals surface area contributed by atoms with Gasteiger partial charge in [-0.05, 0) is 12.1 Å². The Labute approximate surface area is 138 Å². The van der Waals surface area contributed by atoms with E-state index in [2.05, 4.69) is 20.6 Å². The molecule has 0 unspecified atom stereocenters. The van der Waals surface area contributed by atoms with E-state index < -0.39 is 6.09 Å². The van der Waals surface area contributed by atoms with Gasteiger partial charge in [0.25, 0.3) is 0 Å². The molecule has 2 aromatic rings. The van der Waals surface area contributed by atoms with Crippen molar-refractivity contribution in [1.82, 2.24) is 24.8 Å². The zero-order valence-corrected chi connectivity index (χ0v) is 13.0. The molecular formula is C15H18N6O3. The minimum Gasteiger partial charge on any atom is -0.448 e. The van der Waals surface area contributed by atoms with Crippen LogP contribution in [0.25, 0.3) is 5.82 Å². The maximum Gasteiger partial charge on any atom is 0.410 e. The predicted molar refractivity (Wildman–Crippen MR) is 85.8 cm³/mol. The molecule has 1 fully saturated rings. The highest BCUT2D eigenvalue weighted by atomic mass is 16.6. The summed E-state index contributed by atoms with van der Waals surface area (Å²) in [6.45, 7) is 1.74. The van der Waals surface area contributed by atoms with Gasteiger partial charge in [0.15, 0.2) is 0 Å². The van der Waals surface area contributed by atoms with Gasteiger partial charge in [-0.25, -0.2) is 14.8 Å². The highest BCUT2D eigenvalue weighted by Crippen LogP contribution is 2.08. The van der Waals surface area contributed by atoms with Crippen LogP contribution in [0.1, 0.15) is 0 Å².